The summed E-state index contributed by atoms with van der Waals surface area (Å²) >= 11 is 1.35. The largest absolute Gasteiger partial charge is 0.340 e. The van der Waals surface area contributed by atoms with E-state index in [-0.39, 0.29) is 36.2 Å². The molecule has 0 saturated carbocycles. The Morgan fingerprint density at radius 3 is 2.88 bits per heavy atom. The molecule has 144 valence electrons. The SMILES string of the molecule is CC(NC(=O)c1cccs1)C(=O)N1CCCC(N2CCNCC2=O)C1.Cl. The molecule has 2 fully saturated rings. The van der Waals surface area contributed by atoms with Gasteiger partial charge in [-0.05, 0) is 31.2 Å². The number of carbonyl (C=O) groups excluding carboxylic acids is 3. The molecule has 2 saturated heterocycles. The van der Waals surface area contributed by atoms with Crippen molar-refractivity contribution in [3.8, 4) is 0 Å². The summed E-state index contributed by atoms with van der Waals surface area (Å²) in [7, 11) is 0. The lowest BCUT2D eigenvalue weighted by atomic mass is 10.0. The van der Waals surface area contributed by atoms with Crippen molar-refractivity contribution in [1.82, 2.24) is 20.4 Å². The summed E-state index contributed by atoms with van der Waals surface area (Å²) in [6.07, 6.45) is 1.80. The molecule has 7 nitrogen and oxygen atoms in total. The monoisotopic (exact) mass is 400 g/mol. The minimum Gasteiger partial charge on any atom is -0.340 e. The van der Waals surface area contributed by atoms with Crippen molar-refractivity contribution < 1.29 is 14.4 Å². The van der Waals surface area contributed by atoms with Crippen LogP contribution in [0.15, 0.2) is 17.5 Å². The second-order valence-corrected chi connectivity index (χ2v) is 7.46. The molecule has 2 aliphatic rings. The summed E-state index contributed by atoms with van der Waals surface area (Å²) < 4.78 is 0. The molecule has 2 atom stereocenters. The summed E-state index contributed by atoms with van der Waals surface area (Å²) in [6.45, 7) is 4.80. The summed E-state index contributed by atoms with van der Waals surface area (Å²) in [6, 6.07) is 3.05. The van der Waals surface area contributed by atoms with Gasteiger partial charge in [-0.15, -0.1) is 23.7 Å². The summed E-state index contributed by atoms with van der Waals surface area (Å²) in [5.41, 5.74) is 0. The normalized spacial score (nSPS) is 21.7. The van der Waals surface area contributed by atoms with Gasteiger partial charge in [-0.2, -0.15) is 0 Å². The molecule has 9 heteroatoms. The fourth-order valence-electron chi connectivity index (χ4n) is 3.43. The van der Waals surface area contributed by atoms with Crippen molar-refractivity contribution in [2.24, 2.45) is 0 Å². The first-order chi connectivity index (χ1) is 12.1. The zero-order valence-corrected chi connectivity index (χ0v) is 16.4. The number of rotatable bonds is 4. The zero-order chi connectivity index (χ0) is 17.8. The highest BCUT2D eigenvalue weighted by Gasteiger charge is 2.33. The van der Waals surface area contributed by atoms with Gasteiger partial charge in [-0.1, -0.05) is 6.07 Å². The molecular formula is C17H25ClN4O3S. The van der Waals surface area contributed by atoms with Gasteiger partial charge in [0, 0.05) is 32.2 Å². The number of hydrogen-bond donors (Lipinski definition) is 2. The summed E-state index contributed by atoms with van der Waals surface area (Å²) in [4.78, 5) is 41.2. The van der Waals surface area contributed by atoms with E-state index >= 15 is 0 Å². The molecule has 3 amide bonds. The maximum Gasteiger partial charge on any atom is 0.261 e. The minimum absolute atomic E-state index is 0. The molecule has 26 heavy (non-hydrogen) atoms. The number of nitrogens with zero attached hydrogens (tertiary/aromatic N) is 2. The van der Waals surface area contributed by atoms with E-state index in [1.807, 2.05) is 16.3 Å². The molecule has 2 unspecified atom stereocenters. The third kappa shape index (κ3) is 4.75. The molecule has 0 radical (unpaired) electrons. The highest BCUT2D eigenvalue weighted by atomic mass is 35.5. The summed E-state index contributed by atoms with van der Waals surface area (Å²) in [5, 5.41) is 7.68. The number of piperazine rings is 1. The van der Waals surface area contributed by atoms with Crippen LogP contribution in [0.5, 0.6) is 0 Å². The third-order valence-electron chi connectivity index (χ3n) is 4.74. The lowest BCUT2D eigenvalue weighted by Gasteiger charge is -2.41. The molecule has 1 aromatic heterocycles. The molecule has 0 aliphatic carbocycles. The average molecular weight is 401 g/mol. The maximum atomic E-state index is 12.7. The maximum absolute atomic E-state index is 12.7. The van der Waals surface area contributed by atoms with Crippen LogP contribution in [0.3, 0.4) is 0 Å². The van der Waals surface area contributed by atoms with Crippen molar-refractivity contribution in [1.29, 1.82) is 0 Å². The highest BCUT2D eigenvalue weighted by molar-refractivity contribution is 7.12. The van der Waals surface area contributed by atoms with Crippen molar-refractivity contribution in [2.45, 2.75) is 31.8 Å². The molecule has 3 rings (SSSR count). The van der Waals surface area contributed by atoms with Crippen molar-refractivity contribution in [2.75, 3.05) is 32.7 Å². The highest BCUT2D eigenvalue weighted by Crippen LogP contribution is 2.18. The second kappa shape index (κ2) is 9.34. The van der Waals surface area contributed by atoms with E-state index in [1.165, 1.54) is 11.3 Å². The Bertz CT molecular complexity index is 640. The third-order valence-corrected chi connectivity index (χ3v) is 5.61. The van der Waals surface area contributed by atoms with Crippen molar-refractivity contribution >= 4 is 41.5 Å². The first kappa shape index (κ1) is 20.7. The number of carbonyl (C=O) groups is 3. The van der Waals surface area contributed by atoms with E-state index in [1.54, 1.807) is 17.9 Å². The first-order valence-electron chi connectivity index (χ1n) is 8.69. The van der Waals surface area contributed by atoms with Crippen LogP contribution >= 0.6 is 23.7 Å². The van der Waals surface area contributed by atoms with Gasteiger partial charge in [-0.25, -0.2) is 0 Å². The van der Waals surface area contributed by atoms with Crippen molar-refractivity contribution in [3.05, 3.63) is 22.4 Å². The van der Waals surface area contributed by atoms with Crippen LogP contribution in [0.1, 0.15) is 29.4 Å². The molecule has 3 heterocycles. The molecule has 2 aliphatic heterocycles. The molecule has 0 spiro atoms. The number of halogens is 1. The topological polar surface area (TPSA) is 81.8 Å². The van der Waals surface area contributed by atoms with Gasteiger partial charge in [0.2, 0.25) is 11.8 Å². The van der Waals surface area contributed by atoms with Gasteiger partial charge in [0.15, 0.2) is 0 Å². The van der Waals surface area contributed by atoms with Gasteiger partial charge >= 0.3 is 0 Å². The standard InChI is InChI=1S/C17H24N4O3S.ClH/c1-12(19-16(23)14-5-3-9-25-14)17(24)20-7-2-4-13(11-20)21-8-6-18-10-15(21)22;/h3,5,9,12-13,18H,2,4,6-8,10-11H2,1H3,(H,19,23);1H. The van der Waals surface area contributed by atoms with Crippen LogP contribution in [0.25, 0.3) is 0 Å². The predicted octanol–water partition coefficient (Wildman–Crippen LogP) is 0.711. The number of piperidine rings is 1. The second-order valence-electron chi connectivity index (χ2n) is 6.52. The lowest BCUT2D eigenvalue weighted by molar-refractivity contribution is -0.141. The molecule has 1 aromatic rings. The predicted molar refractivity (Wildman–Crippen MR) is 103 cm³/mol. The number of nitrogens with one attached hydrogen (secondary N) is 2. The van der Waals surface area contributed by atoms with Crippen LogP contribution in [-0.2, 0) is 9.59 Å². The van der Waals surface area contributed by atoms with Crippen LogP contribution in [0.2, 0.25) is 0 Å². The Hall–Kier alpha value is -1.64. The fraction of sp³-hybridized carbons (Fsp3) is 0.588. The van der Waals surface area contributed by atoms with Crippen LogP contribution < -0.4 is 10.6 Å². The molecule has 2 N–H and O–H groups in total. The number of thiophene rings is 1. The van der Waals surface area contributed by atoms with E-state index < -0.39 is 6.04 Å². The summed E-state index contributed by atoms with van der Waals surface area (Å²) in [5.74, 6) is -0.205. The van der Waals surface area contributed by atoms with E-state index in [4.69, 9.17) is 0 Å². The fourth-order valence-corrected chi connectivity index (χ4v) is 4.05. The molecule has 0 aromatic carbocycles. The molecular weight excluding hydrogens is 376 g/mol. The van der Waals surface area contributed by atoms with Crippen LogP contribution in [-0.4, -0.2) is 72.3 Å². The Morgan fingerprint density at radius 2 is 2.19 bits per heavy atom. The number of amides is 3. The average Bonchev–Trinajstić information content (AvgIpc) is 3.16. The zero-order valence-electron chi connectivity index (χ0n) is 14.8. The van der Waals surface area contributed by atoms with Gasteiger partial charge in [0.1, 0.15) is 6.04 Å². The number of likely N-dealkylation sites (tertiary alicyclic amines) is 1. The van der Waals surface area contributed by atoms with Gasteiger partial charge in [-0.3, -0.25) is 14.4 Å². The van der Waals surface area contributed by atoms with E-state index in [9.17, 15) is 14.4 Å². The van der Waals surface area contributed by atoms with E-state index in [0.717, 1.165) is 19.4 Å². The Morgan fingerprint density at radius 1 is 1.38 bits per heavy atom. The van der Waals surface area contributed by atoms with Gasteiger partial charge in [0.05, 0.1) is 11.4 Å². The van der Waals surface area contributed by atoms with Crippen molar-refractivity contribution in [3.63, 3.8) is 0 Å². The first-order valence-corrected chi connectivity index (χ1v) is 9.57. The Balaban J connectivity index is 0.00000243. The van der Waals surface area contributed by atoms with Crippen LogP contribution in [0, 0.1) is 0 Å². The minimum atomic E-state index is -0.577. The van der Waals surface area contributed by atoms with Gasteiger partial charge in [0.25, 0.3) is 5.91 Å². The van der Waals surface area contributed by atoms with Crippen LogP contribution in [0.4, 0.5) is 0 Å². The van der Waals surface area contributed by atoms with Gasteiger partial charge < -0.3 is 20.4 Å². The Labute approximate surface area is 163 Å². The Kier molecular flexibility index (Phi) is 7.43. The quantitative estimate of drug-likeness (QED) is 0.780. The lowest BCUT2D eigenvalue weighted by Crippen LogP contribution is -2.59. The van der Waals surface area contributed by atoms with E-state index in [2.05, 4.69) is 10.6 Å². The number of hydrogen-bond acceptors (Lipinski definition) is 5. The van der Waals surface area contributed by atoms with E-state index in [0.29, 0.717) is 31.1 Å². The smallest absolute Gasteiger partial charge is 0.261 e. The molecule has 0 bridgehead atoms.